The van der Waals surface area contributed by atoms with Gasteiger partial charge in [-0.05, 0) is 36.8 Å². The van der Waals surface area contributed by atoms with E-state index in [0.717, 1.165) is 12.1 Å². The van der Waals surface area contributed by atoms with Gasteiger partial charge in [0.1, 0.15) is 0 Å². The van der Waals surface area contributed by atoms with Crippen molar-refractivity contribution in [3.63, 3.8) is 0 Å². The summed E-state index contributed by atoms with van der Waals surface area (Å²) < 4.78 is 27.3. The number of nitrogens with one attached hydrogen (secondary N) is 2. The first kappa shape index (κ1) is 22.8. The van der Waals surface area contributed by atoms with E-state index in [1.54, 1.807) is 17.0 Å². The minimum Gasteiger partial charge on any atom is -0.385 e. The van der Waals surface area contributed by atoms with Gasteiger partial charge in [0.25, 0.3) is 5.91 Å². The molecule has 0 aromatic heterocycles. The van der Waals surface area contributed by atoms with Crippen molar-refractivity contribution in [2.75, 3.05) is 44.6 Å². The number of amides is 2. The fraction of sp³-hybridized carbons (Fsp3) is 0.364. The van der Waals surface area contributed by atoms with E-state index >= 15 is 0 Å². The van der Waals surface area contributed by atoms with Gasteiger partial charge in [-0.25, -0.2) is 8.42 Å². The van der Waals surface area contributed by atoms with Crippen molar-refractivity contribution in [2.45, 2.75) is 18.2 Å². The maximum Gasteiger partial charge on any atom is 0.251 e. The van der Waals surface area contributed by atoms with E-state index in [2.05, 4.69) is 10.6 Å². The number of benzene rings is 2. The van der Waals surface area contributed by atoms with Gasteiger partial charge in [0, 0.05) is 57.4 Å². The van der Waals surface area contributed by atoms with Crippen LogP contribution in [0.15, 0.2) is 59.5 Å². The fourth-order valence-corrected chi connectivity index (χ4v) is 4.84. The lowest BCUT2D eigenvalue weighted by atomic mass is 10.2. The van der Waals surface area contributed by atoms with Gasteiger partial charge in [-0.1, -0.05) is 24.3 Å². The minimum atomic E-state index is -3.72. The number of piperazine rings is 1. The van der Waals surface area contributed by atoms with Crippen LogP contribution in [0.25, 0.3) is 0 Å². The van der Waals surface area contributed by atoms with Crippen LogP contribution < -0.4 is 10.6 Å². The van der Waals surface area contributed by atoms with Crippen LogP contribution in [0, 0.1) is 0 Å². The third kappa shape index (κ3) is 6.05. The van der Waals surface area contributed by atoms with E-state index in [9.17, 15) is 18.0 Å². The Bertz CT molecular complexity index is 1000. The number of hydrogen-bond acceptors (Lipinski definition) is 5. The smallest absolute Gasteiger partial charge is 0.251 e. The average molecular weight is 445 g/mol. The summed E-state index contributed by atoms with van der Waals surface area (Å²) in [6.07, 6.45) is 0.735. The summed E-state index contributed by atoms with van der Waals surface area (Å²) >= 11 is 0. The van der Waals surface area contributed by atoms with Crippen LogP contribution in [-0.2, 0) is 14.8 Å². The highest BCUT2D eigenvalue weighted by Crippen LogP contribution is 2.19. The number of sulfonamides is 1. The maximum atomic E-state index is 13.0. The molecule has 0 radical (unpaired) electrons. The number of hydrogen-bond donors (Lipinski definition) is 2. The van der Waals surface area contributed by atoms with Crippen molar-refractivity contribution >= 4 is 27.5 Å². The Kier molecular flexibility index (Phi) is 7.64. The number of carbonyl (C=O) groups excluding carboxylic acids is 2. The quantitative estimate of drug-likeness (QED) is 0.605. The van der Waals surface area contributed by atoms with Gasteiger partial charge >= 0.3 is 0 Å². The Labute approximate surface area is 183 Å². The van der Waals surface area contributed by atoms with E-state index in [4.69, 9.17) is 0 Å². The van der Waals surface area contributed by atoms with Gasteiger partial charge in [0.05, 0.1) is 4.90 Å². The van der Waals surface area contributed by atoms with Crippen LogP contribution in [-0.4, -0.2) is 68.7 Å². The molecule has 9 heteroatoms. The largest absolute Gasteiger partial charge is 0.385 e. The summed E-state index contributed by atoms with van der Waals surface area (Å²) in [6.45, 7) is 3.88. The first-order valence-electron chi connectivity index (χ1n) is 10.3. The normalized spacial score (nSPS) is 14.8. The van der Waals surface area contributed by atoms with Gasteiger partial charge < -0.3 is 15.5 Å². The van der Waals surface area contributed by atoms with E-state index < -0.39 is 10.0 Å². The van der Waals surface area contributed by atoms with Crippen LogP contribution >= 0.6 is 0 Å². The highest BCUT2D eigenvalue weighted by molar-refractivity contribution is 7.89. The molecule has 0 atom stereocenters. The summed E-state index contributed by atoms with van der Waals surface area (Å²) in [5.41, 5.74) is 1.33. The van der Waals surface area contributed by atoms with Gasteiger partial charge in [-0.2, -0.15) is 4.31 Å². The molecule has 8 nitrogen and oxygen atoms in total. The molecule has 1 saturated heterocycles. The summed E-state index contributed by atoms with van der Waals surface area (Å²) in [6, 6.07) is 15.9. The van der Waals surface area contributed by atoms with Gasteiger partial charge in [-0.3, -0.25) is 9.59 Å². The molecule has 1 heterocycles. The molecule has 31 heavy (non-hydrogen) atoms. The van der Waals surface area contributed by atoms with Crippen molar-refractivity contribution in [3.05, 3.63) is 60.2 Å². The van der Waals surface area contributed by atoms with Crippen molar-refractivity contribution < 1.29 is 18.0 Å². The first-order chi connectivity index (χ1) is 14.9. The molecule has 0 saturated carbocycles. The molecule has 1 aliphatic rings. The van der Waals surface area contributed by atoms with Crippen LogP contribution in [0.1, 0.15) is 23.7 Å². The molecule has 0 bridgehead atoms. The number of rotatable bonds is 8. The Morgan fingerprint density at radius 3 is 2.32 bits per heavy atom. The van der Waals surface area contributed by atoms with E-state index in [-0.39, 0.29) is 29.8 Å². The Hall–Kier alpha value is -2.91. The third-order valence-corrected chi connectivity index (χ3v) is 7.05. The molecule has 0 unspecified atom stereocenters. The van der Waals surface area contributed by atoms with Crippen LogP contribution in [0.5, 0.6) is 0 Å². The number of para-hydroxylation sites is 1. The lowest BCUT2D eigenvalue weighted by molar-refractivity contribution is -0.129. The Morgan fingerprint density at radius 1 is 0.935 bits per heavy atom. The molecular formula is C22H28N4O4S. The van der Waals surface area contributed by atoms with E-state index in [0.29, 0.717) is 31.7 Å². The predicted octanol–water partition coefficient (Wildman–Crippen LogP) is 1.77. The maximum absolute atomic E-state index is 13.0. The molecule has 1 aliphatic heterocycles. The summed E-state index contributed by atoms with van der Waals surface area (Å²) in [7, 11) is -3.72. The molecule has 2 aromatic carbocycles. The van der Waals surface area contributed by atoms with Crippen LogP contribution in [0.3, 0.4) is 0 Å². The van der Waals surface area contributed by atoms with Crippen molar-refractivity contribution in [2.24, 2.45) is 0 Å². The zero-order chi connectivity index (χ0) is 22.3. The Morgan fingerprint density at radius 2 is 1.65 bits per heavy atom. The Balaban J connectivity index is 1.53. The molecule has 0 spiro atoms. The second-order valence-electron chi connectivity index (χ2n) is 7.34. The monoisotopic (exact) mass is 444 g/mol. The van der Waals surface area contributed by atoms with Crippen LogP contribution in [0.2, 0.25) is 0 Å². The summed E-state index contributed by atoms with van der Waals surface area (Å²) in [4.78, 5) is 25.6. The summed E-state index contributed by atoms with van der Waals surface area (Å²) in [5.74, 6) is -0.368. The molecule has 2 aromatic rings. The van der Waals surface area contributed by atoms with Crippen LogP contribution in [0.4, 0.5) is 5.69 Å². The molecular weight excluding hydrogens is 416 g/mol. The molecule has 1 fully saturated rings. The topological polar surface area (TPSA) is 98.8 Å². The number of carbonyl (C=O) groups is 2. The zero-order valence-corrected chi connectivity index (χ0v) is 18.4. The zero-order valence-electron chi connectivity index (χ0n) is 17.6. The molecule has 2 N–H and O–H groups in total. The number of anilines is 1. The molecule has 2 amide bonds. The second kappa shape index (κ2) is 10.4. The average Bonchev–Trinajstić information content (AvgIpc) is 2.79. The summed E-state index contributed by atoms with van der Waals surface area (Å²) in [5, 5.41) is 6.10. The van der Waals surface area contributed by atoms with E-state index in [1.807, 2.05) is 30.3 Å². The molecule has 166 valence electrons. The first-order valence-corrected chi connectivity index (χ1v) is 11.7. The van der Waals surface area contributed by atoms with Gasteiger partial charge in [0.2, 0.25) is 15.9 Å². The van der Waals surface area contributed by atoms with Gasteiger partial charge in [-0.15, -0.1) is 0 Å². The van der Waals surface area contributed by atoms with Gasteiger partial charge in [0.15, 0.2) is 0 Å². The van der Waals surface area contributed by atoms with Crippen molar-refractivity contribution in [1.29, 1.82) is 0 Å². The van der Waals surface area contributed by atoms with Crippen molar-refractivity contribution in [3.8, 4) is 0 Å². The lowest BCUT2D eigenvalue weighted by Gasteiger charge is -2.33. The van der Waals surface area contributed by atoms with Crippen molar-refractivity contribution in [1.82, 2.24) is 14.5 Å². The fourth-order valence-electron chi connectivity index (χ4n) is 3.37. The SMILES string of the molecule is CC(=O)N1CCN(S(=O)(=O)c2cccc(C(=O)NCCCNc3ccccc3)c2)CC1. The van der Waals surface area contributed by atoms with E-state index in [1.165, 1.54) is 23.4 Å². The molecule has 3 rings (SSSR count). The lowest BCUT2D eigenvalue weighted by Crippen LogP contribution is -2.49. The number of nitrogens with zero attached hydrogens (tertiary/aromatic N) is 2. The standard InChI is InChI=1S/C22H28N4O4S/c1-18(27)25-13-15-26(16-14-25)31(29,30)21-10-5-7-19(17-21)22(28)24-12-6-11-23-20-8-3-2-4-9-20/h2-5,7-10,17,23H,6,11-16H2,1H3,(H,24,28). The second-order valence-corrected chi connectivity index (χ2v) is 9.28. The predicted molar refractivity (Wildman–Crippen MR) is 119 cm³/mol. The highest BCUT2D eigenvalue weighted by atomic mass is 32.2. The third-order valence-electron chi connectivity index (χ3n) is 5.16. The molecule has 0 aliphatic carbocycles. The minimum absolute atomic E-state index is 0.0605. The highest BCUT2D eigenvalue weighted by Gasteiger charge is 2.29.